The molecule has 0 bridgehead atoms. The van der Waals surface area contributed by atoms with Gasteiger partial charge in [0.25, 0.3) is 0 Å². The van der Waals surface area contributed by atoms with Crippen molar-refractivity contribution in [3.8, 4) is 0 Å². The number of benzene rings is 1. The third-order valence-electron chi connectivity index (χ3n) is 5.11. The van der Waals surface area contributed by atoms with Crippen molar-refractivity contribution < 1.29 is 14.3 Å². The zero-order valence-corrected chi connectivity index (χ0v) is 16.3. The van der Waals surface area contributed by atoms with E-state index >= 15 is 0 Å². The Morgan fingerprint density at radius 1 is 1.12 bits per heavy atom. The molecule has 0 saturated heterocycles. The predicted octanol–water partition coefficient (Wildman–Crippen LogP) is 5.14. The van der Waals surface area contributed by atoms with Gasteiger partial charge >= 0.3 is 5.97 Å². The molecular weight excluding hydrogens is 373 g/mol. The summed E-state index contributed by atoms with van der Waals surface area (Å²) in [6, 6.07) is 5.19. The summed E-state index contributed by atoms with van der Waals surface area (Å²) >= 11 is 12.7. The van der Waals surface area contributed by atoms with E-state index in [0.717, 1.165) is 25.7 Å². The normalized spacial score (nSPS) is 22.0. The van der Waals surface area contributed by atoms with E-state index in [-0.39, 0.29) is 24.4 Å². The molecule has 26 heavy (non-hydrogen) atoms. The Bertz CT molecular complexity index is 716. The van der Waals surface area contributed by atoms with Crippen LogP contribution in [0, 0.1) is 0 Å². The molecule has 1 aliphatic carbocycles. The van der Waals surface area contributed by atoms with E-state index in [1.54, 1.807) is 25.1 Å². The number of hydrogen-bond donors (Lipinski definition) is 1. The van der Waals surface area contributed by atoms with Gasteiger partial charge in [0, 0.05) is 28.1 Å². The number of amides is 1. The first-order valence-electron chi connectivity index (χ1n) is 9.13. The predicted molar refractivity (Wildman–Crippen MR) is 102 cm³/mol. The zero-order chi connectivity index (χ0) is 18.7. The molecule has 1 unspecified atom stereocenters. The minimum Gasteiger partial charge on any atom is -0.459 e. The Morgan fingerprint density at radius 2 is 1.73 bits per heavy atom. The summed E-state index contributed by atoms with van der Waals surface area (Å²) in [5.74, 6) is -1.03. The third-order valence-corrected chi connectivity index (χ3v) is 5.77. The molecule has 4 nitrogen and oxygen atoms in total. The first-order chi connectivity index (χ1) is 12.5. The van der Waals surface area contributed by atoms with Crippen LogP contribution in [0.25, 0.3) is 0 Å². The van der Waals surface area contributed by atoms with Gasteiger partial charge in [-0.1, -0.05) is 42.1 Å². The maximum Gasteiger partial charge on any atom is 0.336 e. The van der Waals surface area contributed by atoms with Crippen molar-refractivity contribution in [1.82, 2.24) is 5.32 Å². The van der Waals surface area contributed by atoms with Crippen LogP contribution in [-0.2, 0) is 14.3 Å². The first kappa shape index (κ1) is 19.2. The molecule has 1 heterocycles. The van der Waals surface area contributed by atoms with Crippen LogP contribution in [0.3, 0.4) is 0 Å². The van der Waals surface area contributed by atoms with Crippen LogP contribution in [0.15, 0.2) is 29.5 Å². The quantitative estimate of drug-likeness (QED) is 0.569. The molecule has 0 radical (unpaired) electrons. The number of ether oxygens (including phenoxy) is 1. The lowest BCUT2D eigenvalue weighted by molar-refractivity contribution is -0.145. The van der Waals surface area contributed by atoms with Gasteiger partial charge in [-0.25, -0.2) is 4.79 Å². The van der Waals surface area contributed by atoms with Crippen molar-refractivity contribution in [3.05, 3.63) is 45.1 Å². The van der Waals surface area contributed by atoms with Crippen molar-refractivity contribution in [2.24, 2.45) is 0 Å². The van der Waals surface area contributed by atoms with Gasteiger partial charge in [0.2, 0.25) is 5.91 Å². The van der Waals surface area contributed by atoms with Crippen LogP contribution >= 0.6 is 23.2 Å². The van der Waals surface area contributed by atoms with E-state index in [1.807, 2.05) is 0 Å². The van der Waals surface area contributed by atoms with Crippen molar-refractivity contribution >= 4 is 35.1 Å². The SMILES string of the molecule is CC1=C(C(=O)OC2CCCCCC2)C(c2c(Cl)cccc2Cl)CC(=O)N1. The molecule has 6 heteroatoms. The molecular formula is C20H23Cl2NO3. The molecule has 1 aromatic rings. The lowest BCUT2D eigenvalue weighted by Crippen LogP contribution is -2.35. The number of halogens is 2. The van der Waals surface area contributed by atoms with Gasteiger partial charge in [0.05, 0.1) is 5.57 Å². The second-order valence-electron chi connectivity index (χ2n) is 7.00. The van der Waals surface area contributed by atoms with Crippen LogP contribution in [0.5, 0.6) is 0 Å². The molecule has 1 aromatic carbocycles. The molecule has 1 aliphatic heterocycles. The highest BCUT2D eigenvalue weighted by atomic mass is 35.5. The van der Waals surface area contributed by atoms with Crippen LogP contribution in [0.4, 0.5) is 0 Å². The van der Waals surface area contributed by atoms with E-state index in [0.29, 0.717) is 26.9 Å². The number of carbonyl (C=O) groups is 2. The number of allylic oxidation sites excluding steroid dienone is 1. The Kier molecular flexibility index (Phi) is 6.25. The lowest BCUT2D eigenvalue weighted by atomic mass is 9.84. The Morgan fingerprint density at radius 3 is 2.35 bits per heavy atom. The monoisotopic (exact) mass is 395 g/mol. The Hall–Kier alpha value is -1.52. The number of nitrogens with one attached hydrogen (secondary N) is 1. The second kappa shape index (κ2) is 8.45. The standard InChI is InChI=1S/C20H23Cl2NO3/c1-12-18(20(25)26-13-7-4-2-3-5-8-13)14(11-17(24)23-12)19-15(21)9-6-10-16(19)22/h6,9-10,13-14H,2-5,7-8,11H2,1H3,(H,23,24). The average molecular weight is 396 g/mol. The maximum absolute atomic E-state index is 13.0. The molecule has 1 N–H and O–H groups in total. The van der Waals surface area contributed by atoms with Gasteiger partial charge in [0.1, 0.15) is 6.10 Å². The zero-order valence-electron chi connectivity index (χ0n) is 14.8. The molecule has 1 saturated carbocycles. The van der Waals surface area contributed by atoms with Gasteiger partial charge < -0.3 is 10.1 Å². The Labute approximate surface area is 163 Å². The highest BCUT2D eigenvalue weighted by Crippen LogP contribution is 2.41. The fraction of sp³-hybridized carbons (Fsp3) is 0.500. The van der Waals surface area contributed by atoms with E-state index in [9.17, 15) is 9.59 Å². The summed E-state index contributed by atoms with van der Waals surface area (Å²) in [4.78, 5) is 25.1. The highest BCUT2D eigenvalue weighted by Gasteiger charge is 2.36. The molecule has 1 atom stereocenters. The molecule has 140 valence electrons. The summed E-state index contributed by atoms with van der Waals surface area (Å²) < 4.78 is 5.81. The van der Waals surface area contributed by atoms with Gasteiger partial charge in [0.15, 0.2) is 0 Å². The average Bonchev–Trinajstić information content (AvgIpc) is 2.82. The van der Waals surface area contributed by atoms with Crippen LogP contribution < -0.4 is 5.32 Å². The maximum atomic E-state index is 13.0. The fourth-order valence-electron chi connectivity index (χ4n) is 3.84. The van der Waals surface area contributed by atoms with Gasteiger partial charge in [-0.3, -0.25) is 4.79 Å². The second-order valence-corrected chi connectivity index (χ2v) is 7.81. The van der Waals surface area contributed by atoms with E-state index in [1.165, 1.54) is 12.8 Å². The lowest BCUT2D eigenvalue weighted by Gasteiger charge is -2.29. The van der Waals surface area contributed by atoms with Gasteiger partial charge in [-0.05, 0) is 50.3 Å². The number of hydrogen-bond acceptors (Lipinski definition) is 3. The van der Waals surface area contributed by atoms with Crippen molar-refractivity contribution in [2.45, 2.75) is 63.9 Å². The van der Waals surface area contributed by atoms with Crippen LogP contribution in [0.1, 0.15) is 63.4 Å². The summed E-state index contributed by atoms with van der Waals surface area (Å²) in [6.45, 7) is 1.72. The van der Waals surface area contributed by atoms with Crippen molar-refractivity contribution in [3.63, 3.8) is 0 Å². The third kappa shape index (κ3) is 4.24. The summed E-state index contributed by atoms with van der Waals surface area (Å²) in [6.07, 6.45) is 6.36. The van der Waals surface area contributed by atoms with Crippen molar-refractivity contribution in [1.29, 1.82) is 0 Å². The summed E-state index contributed by atoms with van der Waals surface area (Å²) in [5, 5.41) is 3.65. The van der Waals surface area contributed by atoms with Crippen molar-refractivity contribution in [2.75, 3.05) is 0 Å². The molecule has 1 amide bonds. The largest absolute Gasteiger partial charge is 0.459 e. The minimum absolute atomic E-state index is 0.0645. The van der Waals surface area contributed by atoms with E-state index < -0.39 is 5.92 Å². The summed E-state index contributed by atoms with van der Waals surface area (Å²) in [5.41, 5.74) is 1.57. The van der Waals surface area contributed by atoms with Gasteiger partial charge in [-0.2, -0.15) is 0 Å². The summed E-state index contributed by atoms with van der Waals surface area (Å²) in [7, 11) is 0. The first-order valence-corrected chi connectivity index (χ1v) is 9.88. The van der Waals surface area contributed by atoms with E-state index in [4.69, 9.17) is 27.9 Å². The topological polar surface area (TPSA) is 55.4 Å². The smallest absolute Gasteiger partial charge is 0.336 e. The number of rotatable bonds is 3. The molecule has 2 aliphatic rings. The minimum atomic E-state index is -0.497. The Balaban J connectivity index is 1.91. The highest BCUT2D eigenvalue weighted by molar-refractivity contribution is 6.36. The molecule has 3 rings (SSSR count). The molecule has 0 aromatic heterocycles. The fourth-order valence-corrected chi connectivity index (χ4v) is 4.50. The number of esters is 1. The molecule has 1 fully saturated rings. The van der Waals surface area contributed by atoms with E-state index in [2.05, 4.69) is 5.32 Å². The van der Waals surface area contributed by atoms with Crippen LogP contribution in [-0.4, -0.2) is 18.0 Å². The van der Waals surface area contributed by atoms with Gasteiger partial charge in [-0.15, -0.1) is 0 Å². The number of carbonyl (C=O) groups excluding carboxylic acids is 2. The van der Waals surface area contributed by atoms with Crippen LogP contribution in [0.2, 0.25) is 10.0 Å². The molecule has 0 spiro atoms.